The summed E-state index contributed by atoms with van der Waals surface area (Å²) in [5.41, 5.74) is 2.25. The van der Waals surface area contributed by atoms with Crippen LogP contribution in [0.1, 0.15) is 50.4 Å². The van der Waals surface area contributed by atoms with Gasteiger partial charge in [0.1, 0.15) is 11.9 Å². The zero-order valence-electron chi connectivity index (χ0n) is 12.9. The molecule has 0 fully saturated rings. The van der Waals surface area contributed by atoms with Crippen molar-refractivity contribution < 1.29 is 0 Å². The topological polar surface area (TPSA) is 47.7 Å². The van der Waals surface area contributed by atoms with Gasteiger partial charge in [0.2, 0.25) is 0 Å². The number of hydrogen-bond donors (Lipinski definition) is 1. The average Bonchev–Trinajstić information content (AvgIpc) is 3.06. The molecule has 0 aliphatic heterocycles. The lowest BCUT2D eigenvalue weighted by molar-refractivity contribution is 0.494. The Labute approximate surface area is 121 Å². The highest BCUT2D eigenvalue weighted by Crippen LogP contribution is 2.22. The summed E-state index contributed by atoms with van der Waals surface area (Å²) >= 11 is 0. The van der Waals surface area contributed by atoms with E-state index in [2.05, 4.69) is 51.5 Å². The Hall–Kier alpha value is -1.62. The van der Waals surface area contributed by atoms with Crippen LogP contribution in [0.5, 0.6) is 0 Å². The second kappa shape index (κ2) is 6.70. The zero-order valence-corrected chi connectivity index (χ0v) is 12.9. The van der Waals surface area contributed by atoms with Crippen LogP contribution in [-0.2, 0) is 13.1 Å². The lowest BCUT2D eigenvalue weighted by Crippen LogP contribution is -2.28. The Bertz CT molecular complexity index is 540. The molecular weight excluding hydrogens is 250 g/mol. The van der Waals surface area contributed by atoms with Crippen LogP contribution in [0.15, 0.2) is 18.5 Å². The SMILES string of the molecule is CCCNC(c1nccn1CC)c1cc(C)nn1CC. The summed E-state index contributed by atoms with van der Waals surface area (Å²) in [6, 6.07) is 2.26. The molecule has 0 spiro atoms. The highest BCUT2D eigenvalue weighted by molar-refractivity contribution is 5.21. The fourth-order valence-corrected chi connectivity index (χ4v) is 2.52. The molecule has 5 nitrogen and oxygen atoms in total. The fraction of sp³-hybridized carbons (Fsp3) is 0.600. The molecule has 0 aliphatic rings. The van der Waals surface area contributed by atoms with Gasteiger partial charge in [0.15, 0.2) is 0 Å². The van der Waals surface area contributed by atoms with Gasteiger partial charge in [-0.2, -0.15) is 5.10 Å². The maximum atomic E-state index is 4.56. The number of rotatable bonds is 7. The number of nitrogens with one attached hydrogen (secondary N) is 1. The first-order valence-corrected chi connectivity index (χ1v) is 7.49. The Morgan fingerprint density at radius 2 is 2.05 bits per heavy atom. The van der Waals surface area contributed by atoms with Crippen molar-refractivity contribution in [3.8, 4) is 0 Å². The van der Waals surface area contributed by atoms with Crippen molar-refractivity contribution in [3.63, 3.8) is 0 Å². The van der Waals surface area contributed by atoms with Gasteiger partial charge < -0.3 is 9.88 Å². The second-order valence-electron chi connectivity index (χ2n) is 4.98. The number of nitrogens with zero attached hydrogens (tertiary/aromatic N) is 4. The molecule has 0 aliphatic carbocycles. The van der Waals surface area contributed by atoms with Gasteiger partial charge in [0.25, 0.3) is 0 Å². The molecule has 0 amide bonds. The van der Waals surface area contributed by atoms with Gasteiger partial charge in [0.05, 0.1) is 11.4 Å². The molecule has 2 aromatic rings. The van der Waals surface area contributed by atoms with Crippen molar-refractivity contribution >= 4 is 0 Å². The van der Waals surface area contributed by atoms with Gasteiger partial charge >= 0.3 is 0 Å². The minimum atomic E-state index is 0.103. The Morgan fingerprint density at radius 1 is 1.25 bits per heavy atom. The standard InChI is InChI=1S/C15H25N5/c1-5-8-16-14(15-17-9-10-19(15)6-2)13-11-12(4)18-20(13)7-3/h9-11,14,16H,5-8H2,1-4H3. The zero-order chi connectivity index (χ0) is 14.5. The van der Waals surface area contributed by atoms with E-state index in [-0.39, 0.29) is 6.04 Å². The highest BCUT2D eigenvalue weighted by atomic mass is 15.3. The van der Waals surface area contributed by atoms with E-state index in [1.165, 1.54) is 5.69 Å². The van der Waals surface area contributed by atoms with Crippen molar-refractivity contribution in [3.05, 3.63) is 35.7 Å². The van der Waals surface area contributed by atoms with Crippen LogP contribution < -0.4 is 5.32 Å². The lowest BCUT2D eigenvalue weighted by atomic mass is 10.1. The third kappa shape index (κ3) is 2.93. The Morgan fingerprint density at radius 3 is 2.70 bits per heavy atom. The van der Waals surface area contributed by atoms with Crippen molar-refractivity contribution in [1.29, 1.82) is 0 Å². The van der Waals surface area contributed by atoms with E-state index in [0.717, 1.165) is 37.6 Å². The molecule has 1 atom stereocenters. The van der Waals surface area contributed by atoms with Crippen molar-refractivity contribution in [1.82, 2.24) is 24.6 Å². The van der Waals surface area contributed by atoms with E-state index in [9.17, 15) is 0 Å². The first kappa shape index (κ1) is 14.8. The predicted octanol–water partition coefficient (Wildman–Crippen LogP) is 2.52. The molecule has 2 aromatic heterocycles. The van der Waals surface area contributed by atoms with Crippen LogP contribution in [-0.4, -0.2) is 25.9 Å². The highest BCUT2D eigenvalue weighted by Gasteiger charge is 2.22. The van der Waals surface area contributed by atoms with E-state index < -0.39 is 0 Å². The van der Waals surface area contributed by atoms with Gasteiger partial charge in [-0.3, -0.25) is 4.68 Å². The fourth-order valence-electron chi connectivity index (χ4n) is 2.52. The number of hydrogen-bond acceptors (Lipinski definition) is 3. The summed E-state index contributed by atoms with van der Waals surface area (Å²) in [7, 11) is 0. The normalized spacial score (nSPS) is 12.8. The number of imidazole rings is 1. The largest absolute Gasteiger partial charge is 0.334 e. The van der Waals surface area contributed by atoms with Crippen molar-refractivity contribution in [2.24, 2.45) is 0 Å². The quantitative estimate of drug-likeness (QED) is 0.844. The molecule has 0 aromatic carbocycles. The third-order valence-corrected chi connectivity index (χ3v) is 3.47. The van der Waals surface area contributed by atoms with Gasteiger partial charge in [-0.1, -0.05) is 6.92 Å². The van der Waals surface area contributed by atoms with Crippen LogP contribution in [0.4, 0.5) is 0 Å². The minimum Gasteiger partial charge on any atom is -0.334 e. The van der Waals surface area contributed by atoms with Crippen molar-refractivity contribution in [2.75, 3.05) is 6.54 Å². The molecule has 0 radical (unpaired) electrons. The maximum absolute atomic E-state index is 4.56. The van der Waals surface area contributed by atoms with Crippen LogP contribution in [0.25, 0.3) is 0 Å². The second-order valence-corrected chi connectivity index (χ2v) is 4.98. The summed E-state index contributed by atoms with van der Waals surface area (Å²) in [6.07, 6.45) is 5.01. The minimum absolute atomic E-state index is 0.103. The third-order valence-electron chi connectivity index (χ3n) is 3.47. The van der Waals surface area contributed by atoms with Crippen molar-refractivity contribution in [2.45, 2.75) is 53.2 Å². The van der Waals surface area contributed by atoms with Crippen LogP contribution in [0.2, 0.25) is 0 Å². The Kier molecular flexibility index (Phi) is 4.95. The Balaban J connectivity index is 2.41. The first-order valence-electron chi connectivity index (χ1n) is 7.49. The summed E-state index contributed by atoms with van der Waals surface area (Å²) < 4.78 is 4.26. The first-order chi connectivity index (χ1) is 9.71. The van der Waals surface area contributed by atoms with Gasteiger partial charge in [0, 0.05) is 25.5 Å². The predicted molar refractivity (Wildman–Crippen MR) is 80.7 cm³/mol. The maximum Gasteiger partial charge on any atom is 0.132 e. The van der Waals surface area contributed by atoms with E-state index in [4.69, 9.17) is 0 Å². The molecule has 1 unspecified atom stereocenters. The molecule has 2 rings (SSSR count). The van der Waals surface area contributed by atoms with Gasteiger partial charge in [-0.05, 0) is 39.8 Å². The monoisotopic (exact) mass is 275 g/mol. The molecule has 2 heterocycles. The van der Waals surface area contributed by atoms with Gasteiger partial charge in [-0.25, -0.2) is 4.98 Å². The summed E-state index contributed by atoms with van der Waals surface area (Å²) in [4.78, 5) is 4.56. The molecule has 110 valence electrons. The van der Waals surface area contributed by atoms with E-state index >= 15 is 0 Å². The number of aromatic nitrogens is 4. The molecule has 0 bridgehead atoms. The molecular formula is C15H25N5. The molecule has 1 N–H and O–H groups in total. The molecule has 20 heavy (non-hydrogen) atoms. The lowest BCUT2D eigenvalue weighted by Gasteiger charge is -2.20. The smallest absolute Gasteiger partial charge is 0.132 e. The number of aryl methyl sites for hydroxylation is 3. The summed E-state index contributed by atoms with van der Waals surface area (Å²) in [5.74, 6) is 1.07. The summed E-state index contributed by atoms with van der Waals surface area (Å²) in [5, 5.41) is 8.17. The van der Waals surface area contributed by atoms with Crippen LogP contribution in [0.3, 0.4) is 0 Å². The van der Waals surface area contributed by atoms with Crippen LogP contribution >= 0.6 is 0 Å². The van der Waals surface area contributed by atoms with E-state index in [0.29, 0.717) is 0 Å². The summed E-state index contributed by atoms with van der Waals surface area (Å²) in [6.45, 7) is 11.3. The van der Waals surface area contributed by atoms with Crippen LogP contribution in [0, 0.1) is 6.92 Å². The van der Waals surface area contributed by atoms with E-state index in [1.807, 2.05) is 19.3 Å². The van der Waals surface area contributed by atoms with E-state index in [1.54, 1.807) is 0 Å². The average molecular weight is 275 g/mol. The molecule has 0 saturated carbocycles. The molecule has 0 saturated heterocycles. The van der Waals surface area contributed by atoms with Gasteiger partial charge in [-0.15, -0.1) is 0 Å². The molecule has 5 heteroatoms.